The van der Waals surface area contributed by atoms with Gasteiger partial charge in [-0.15, -0.1) is 0 Å². The van der Waals surface area contributed by atoms with E-state index in [-0.39, 0.29) is 12.5 Å². The Morgan fingerprint density at radius 3 is 2.45 bits per heavy atom. The fraction of sp³-hybridized carbons (Fsp3) is 0.467. The molecule has 1 aliphatic rings. The molecule has 0 amide bonds. The van der Waals surface area contributed by atoms with Crippen LogP contribution in [0.3, 0.4) is 0 Å². The van der Waals surface area contributed by atoms with Gasteiger partial charge in [-0.25, -0.2) is 0 Å². The molecule has 1 fully saturated rings. The predicted molar refractivity (Wildman–Crippen MR) is 71.2 cm³/mol. The third kappa shape index (κ3) is 3.49. The fourth-order valence-electron chi connectivity index (χ4n) is 2.39. The molecular formula is C15H17NO4. The number of carboxylic acid groups (broad SMARTS) is 1. The highest BCUT2D eigenvalue weighted by molar-refractivity contribution is 5.70. The first-order valence-corrected chi connectivity index (χ1v) is 6.60. The molecule has 1 aliphatic carbocycles. The van der Waals surface area contributed by atoms with Crippen LogP contribution in [0.25, 0.3) is 0 Å². The summed E-state index contributed by atoms with van der Waals surface area (Å²) in [7, 11) is 0. The Morgan fingerprint density at radius 2 is 1.95 bits per heavy atom. The Labute approximate surface area is 117 Å². The van der Waals surface area contributed by atoms with E-state index in [0.717, 1.165) is 0 Å². The first-order chi connectivity index (χ1) is 9.52. The van der Waals surface area contributed by atoms with E-state index in [2.05, 4.69) is 0 Å². The van der Waals surface area contributed by atoms with Crippen LogP contribution < -0.4 is 4.74 Å². The number of aliphatic hydroxyl groups is 1. The van der Waals surface area contributed by atoms with Crippen molar-refractivity contribution < 1.29 is 19.7 Å². The lowest BCUT2D eigenvalue weighted by molar-refractivity contribution is -0.145. The highest BCUT2D eigenvalue weighted by atomic mass is 16.5. The van der Waals surface area contributed by atoms with Crippen LogP contribution in [0, 0.1) is 17.2 Å². The molecule has 2 N–H and O–H groups in total. The van der Waals surface area contributed by atoms with Gasteiger partial charge >= 0.3 is 5.97 Å². The third-order valence-corrected chi connectivity index (χ3v) is 3.76. The number of hydrogen-bond acceptors (Lipinski definition) is 4. The van der Waals surface area contributed by atoms with Crippen molar-refractivity contribution in [2.45, 2.75) is 31.3 Å². The van der Waals surface area contributed by atoms with E-state index in [9.17, 15) is 9.90 Å². The monoisotopic (exact) mass is 275 g/mol. The topological polar surface area (TPSA) is 90.5 Å². The molecule has 0 bridgehead atoms. The first-order valence-electron chi connectivity index (χ1n) is 6.60. The summed E-state index contributed by atoms with van der Waals surface area (Å²) in [5.41, 5.74) is -0.405. The third-order valence-electron chi connectivity index (χ3n) is 3.76. The van der Waals surface area contributed by atoms with Crippen LogP contribution in [-0.4, -0.2) is 28.4 Å². The van der Waals surface area contributed by atoms with Gasteiger partial charge in [-0.2, -0.15) is 5.26 Å². The summed E-state index contributed by atoms with van der Waals surface area (Å²) in [6, 6.07) is 8.70. The largest absolute Gasteiger partial charge is 0.491 e. The van der Waals surface area contributed by atoms with Gasteiger partial charge in [0.15, 0.2) is 0 Å². The van der Waals surface area contributed by atoms with Crippen molar-refractivity contribution in [1.29, 1.82) is 5.26 Å². The molecule has 2 rings (SSSR count). The maximum Gasteiger partial charge on any atom is 0.306 e. The summed E-state index contributed by atoms with van der Waals surface area (Å²) in [4.78, 5) is 10.9. The molecule has 0 aliphatic heterocycles. The number of ether oxygens (including phenoxy) is 1. The SMILES string of the molecule is N#Cc1ccc(OCC2(O)CCC(C(=O)O)CC2)cc1. The van der Waals surface area contributed by atoms with E-state index >= 15 is 0 Å². The summed E-state index contributed by atoms with van der Waals surface area (Å²) in [6.45, 7) is 0.144. The van der Waals surface area contributed by atoms with Gasteiger partial charge in [-0.05, 0) is 49.9 Å². The number of carboxylic acids is 1. The van der Waals surface area contributed by atoms with Gasteiger partial charge in [-0.1, -0.05) is 0 Å². The number of benzene rings is 1. The predicted octanol–water partition coefficient (Wildman–Crippen LogP) is 1.94. The summed E-state index contributed by atoms with van der Waals surface area (Å²) in [5.74, 6) is -0.553. The number of aliphatic carboxylic acids is 1. The molecule has 0 radical (unpaired) electrons. The van der Waals surface area contributed by atoms with Gasteiger partial charge in [0.05, 0.1) is 23.2 Å². The molecule has 106 valence electrons. The van der Waals surface area contributed by atoms with E-state index in [1.54, 1.807) is 24.3 Å². The van der Waals surface area contributed by atoms with Gasteiger partial charge < -0.3 is 14.9 Å². The molecule has 1 aromatic carbocycles. The Hall–Kier alpha value is -2.06. The highest BCUT2D eigenvalue weighted by Gasteiger charge is 2.36. The zero-order valence-corrected chi connectivity index (χ0v) is 11.1. The minimum atomic E-state index is -0.958. The van der Waals surface area contributed by atoms with Crippen LogP contribution in [0.5, 0.6) is 5.75 Å². The summed E-state index contributed by atoms with van der Waals surface area (Å²) >= 11 is 0. The molecule has 0 spiro atoms. The second-order valence-corrected chi connectivity index (χ2v) is 5.26. The van der Waals surface area contributed by atoms with E-state index in [1.165, 1.54) is 0 Å². The number of hydrogen-bond donors (Lipinski definition) is 2. The van der Waals surface area contributed by atoms with Crippen molar-refractivity contribution in [2.75, 3.05) is 6.61 Å². The van der Waals surface area contributed by atoms with Crippen LogP contribution in [0.4, 0.5) is 0 Å². The van der Waals surface area contributed by atoms with Crippen LogP contribution in [-0.2, 0) is 4.79 Å². The highest BCUT2D eigenvalue weighted by Crippen LogP contribution is 2.32. The van der Waals surface area contributed by atoms with E-state index < -0.39 is 11.6 Å². The second-order valence-electron chi connectivity index (χ2n) is 5.26. The summed E-state index contributed by atoms with van der Waals surface area (Å²) in [5, 5.41) is 28.0. The molecule has 0 aromatic heterocycles. The van der Waals surface area contributed by atoms with E-state index in [1.807, 2.05) is 6.07 Å². The molecule has 1 aromatic rings. The lowest BCUT2D eigenvalue weighted by Gasteiger charge is -2.34. The Balaban J connectivity index is 1.87. The number of nitriles is 1. The molecule has 0 saturated heterocycles. The Kier molecular flexibility index (Phi) is 4.26. The number of carbonyl (C=O) groups is 1. The van der Waals surface area contributed by atoms with Crippen molar-refractivity contribution in [3.63, 3.8) is 0 Å². The molecule has 5 heteroatoms. The maximum atomic E-state index is 10.9. The normalized spacial score (nSPS) is 25.7. The van der Waals surface area contributed by atoms with Gasteiger partial charge in [-0.3, -0.25) is 4.79 Å². The Bertz CT molecular complexity index is 510. The summed E-state index contributed by atoms with van der Waals surface area (Å²) < 4.78 is 5.54. The van der Waals surface area contributed by atoms with Crippen molar-refractivity contribution in [3.8, 4) is 11.8 Å². The number of rotatable bonds is 4. The lowest BCUT2D eigenvalue weighted by Crippen LogP contribution is -2.41. The molecule has 0 heterocycles. The van der Waals surface area contributed by atoms with Crippen molar-refractivity contribution >= 4 is 5.97 Å². The molecular weight excluding hydrogens is 258 g/mol. The van der Waals surface area contributed by atoms with Crippen molar-refractivity contribution in [3.05, 3.63) is 29.8 Å². The van der Waals surface area contributed by atoms with Crippen molar-refractivity contribution in [2.24, 2.45) is 5.92 Å². The molecule has 0 unspecified atom stereocenters. The minimum Gasteiger partial charge on any atom is -0.491 e. The zero-order chi connectivity index (χ0) is 14.6. The zero-order valence-electron chi connectivity index (χ0n) is 11.1. The fourth-order valence-corrected chi connectivity index (χ4v) is 2.39. The first kappa shape index (κ1) is 14.4. The van der Waals surface area contributed by atoms with Gasteiger partial charge in [0.25, 0.3) is 0 Å². The minimum absolute atomic E-state index is 0.144. The van der Waals surface area contributed by atoms with Crippen LogP contribution >= 0.6 is 0 Å². The molecule has 5 nitrogen and oxygen atoms in total. The molecule has 0 atom stereocenters. The quantitative estimate of drug-likeness (QED) is 0.876. The smallest absolute Gasteiger partial charge is 0.306 e. The molecule has 1 saturated carbocycles. The number of nitrogens with zero attached hydrogens (tertiary/aromatic N) is 1. The maximum absolute atomic E-state index is 10.9. The van der Waals surface area contributed by atoms with Crippen LogP contribution in [0.1, 0.15) is 31.2 Å². The Morgan fingerprint density at radius 1 is 1.35 bits per heavy atom. The molecule has 20 heavy (non-hydrogen) atoms. The van der Waals surface area contributed by atoms with Gasteiger partial charge in [0, 0.05) is 0 Å². The lowest BCUT2D eigenvalue weighted by atomic mass is 9.79. The van der Waals surface area contributed by atoms with Crippen LogP contribution in [0.2, 0.25) is 0 Å². The standard InChI is InChI=1S/C15H17NO4/c16-9-11-1-3-13(4-2-11)20-10-15(19)7-5-12(6-8-15)14(17)18/h1-4,12,19H,5-8,10H2,(H,17,18). The average molecular weight is 275 g/mol. The van der Waals surface area contributed by atoms with Gasteiger partial charge in [0.1, 0.15) is 12.4 Å². The summed E-state index contributed by atoms with van der Waals surface area (Å²) in [6.07, 6.45) is 1.81. The van der Waals surface area contributed by atoms with Gasteiger partial charge in [0.2, 0.25) is 0 Å². The van der Waals surface area contributed by atoms with Crippen LogP contribution in [0.15, 0.2) is 24.3 Å². The van der Waals surface area contributed by atoms with E-state index in [0.29, 0.717) is 37.0 Å². The second kappa shape index (κ2) is 5.93. The van der Waals surface area contributed by atoms with E-state index in [4.69, 9.17) is 15.1 Å². The van der Waals surface area contributed by atoms with Crippen molar-refractivity contribution in [1.82, 2.24) is 0 Å². The average Bonchev–Trinajstić information content (AvgIpc) is 2.46.